The van der Waals surface area contributed by atoms with Crippen LogP contribution in [0.15, 0.2) is 42.5 Å². The number of phenols is 1. The summed E-state index contributed by atoms with van der Waals surface area (Å²) in [4.78, 5) is 11.9. The lowest BCUT2D eigenvalue weighted by Crippen LogP contribution is -2.08. The number of carbonyl (C=O) groups excluding carboxylic acids is 1. The van der Waals surface area contributed by atoms with Crippen LogP contribution in [0.25, 0.3) is 0 Å². The van der Waals surface area contributed by atoms with E-state index in [0.717, 1.165) is 5.56 Å². The minimum Gasteiger partial charge on any atom is -0.507 e. The van der Waals surface area contributed by atoms with Crippen LogP contribution in [0.4, 0.5) is 0 Å². The van der Waals surface area contributed by atoms with Gasteiger partial charge in [-0.3, -0.25) is 0 Å². The largest absolute Gasteiger partial charge is 0.507 e. The maximum atomic E-state index is 11.9. The molecule has 0 spiro atoms. The van der Waals surface area contributed by atoms with Crippen LogP contribution in [-0.2, 0) is 0 Å². The highest BCUT2D eigenvalue weighted by Gasteiger charge is 2.14. The second-order valence-corrected chi connectivity index (χ2v) is 4.30. The fraction of sp³-hybridized carbons (Fsp3) is 0.0714. The van der Waals surface area contributed by atoms with Gasteiger partial charge in [-0.25, -0.2) is 4.79 Å². The Morgan fingerprint density at radius 3 is 2.72 bits per heavy atom. The Hall–Kier alpha value is -2.00. The van der Waals surface area contributed by atoms with Crippen LogP contribution in [0.1, 0.15) is 15.9 Å². The standard InChI is InChI=1S/C14H11ClO3/c1-9-3-2-4-11(7-9)18-14(17)12-8-10(15)5-6-13(12)16/h2-8,16H,1H3. The molecule has 1 N–H and O–H groups in total. The lowest BCUT2D eigenvalue weighted by Gasteiger charge is -2.06. The molecule has 0 saturated heterocycles. The second kappa shape index (κ2) is 5.10. The molecular formula is C14H11ClO3. The number of benzene rings is 2. The topological polar surface area (TPSA) is 46.5 Å². The fourth-order valence-electron chi connectivity index (χ4n) is 1.51. The molecule has 0 saturated carbocycles. The maximum absolute atomic E-state index is 11.9. The van der Waals surface area contributed by atoms with Gasteiger partial charge in [0.05, 0.1) is 0 Å². The molecule has 92 valence electrons. The third-order valence-electron chi connectivity index (χ3n) is 2.38. The number of hydrogen-bond acceptors (Lipinski definition) is 3. The van der Waals surface area contributed by atoms with Gasteiger partial charge in [-0.15, -0.1) is 0 Å². The van der Waals surface area contributed by atoms with Gasteiger partial charge in [-0.1, -0.05) is 23.7 Å². The van der Waals surface area contributed by atoms with Crippen LogP contribution in [0, 0.1) is 6.92 Å². The zero-order valence-corrected chi connectivity index (χ0v) is 10.4. The Labute approximate surface area is 110 Å². The molecule has 0 amide bonds. The second-order valence-electron chi connectivity index (χ2n) is 3.87. The predicted molar refractivity (Wildman–Crippen MR) is 69.3 cm³/mol. The van der Waals surface area contributed by atoms with Gasteiger partial charge in [0.2, 0.25) is 0 Å². The minimum absolute atomic E-state index is 0.0454. The molecule has 2 aromatic rings. The van der Waals surface area contributed by atoms with E-state index in [1.807, 2.05) is 13.0 Å². The third-order valence-corrected chi connectivity index (χ3v) is 2.61. The molecule has 0 aliphatic rings. The summed E-state index contributed by atoms with van der Waals surface area (Å²) in [5.41, 5.74) is 1.03. The summed E-state index contributed by atoms with van der Waals surface area (Å²) in [6, 6.07) is 11.3. The lowest BCUT2D eigenvalue weighted by molar-refractivity contribution is 0.0731. The van der Waals surface area contributed by atoms with Crippen molar-refractivity contribution in [2.24, 2.45) is 0 Å². The van der Waals surface area contributed by atoms with Crippen molar-refractivity contribution in [3.05, 3.63) is 58.6 Å². The average Bonchev–Trinajstić information content (AvgIpc) is 2.32. The van der Waals surface area contributed by atoms with E-state index >= 15 is 0 Å². The van der Waals surface area contributed by atoms with Gasteiger partial charge < -0.3 is 9.84 Å². The van der Waals surface area contributed by atoms with Gasteiger partial charge in [-0.05, 0) is 42.8 Å². The normalized spacial score (nSPS) is 10.1. The zero-order chi connectivity index (χ0) is 13.1. The quantitative estimate of drug-likeness (QED) is 0.665. The maximum Gasteiger partial charge on any atom is 0.347 e. The first kappa shape index (κ1) is 12.5. The lowest BCUT2D eigenvalue weighted by atomic mass is 10.2. The van der Waals surface area contributed by atoms with E-state index < -0.39 is 5.97 Å². The zero-order valence-electron chi connectivity index (χ0n) is 9.68. The van der Waals surface area contributed by atoms with Crippen LogP contribution >= 0.6 is 11.6 Å². The van der Waals surface area contributed by atoms with E-state index in [1.54, 1.807) is 18.2 Å². The van der Waals surface area contributed by atoms with Crippen molar-refractivity contribution in [1.29, 1.82) is 0 Å². The number of aromatic hydroxyl groups is 1. The number of hydrogen-bond donors (Lipinski definition) is 1. The highest BCUT2D eigenvalue weighted by atomic mass is 35.5. The summed E-state index contributed by atoms with van der Waals surface area (Å²) in [6.45, 7) is 1.90. The Morgan fingerprint density at radius 2 is 2.00 bits per heavy atom. The first-order valence-electron chi connectivity index (χ1n) is 5.33. The molecular weight excluding hydrogens is 252 g/mol. The van der Waals surface area contributed by atoms with Crippen molar-refractivity contribution >= 4 is 17.6 Å². The Bertz CT molecular complexity index is 593. The number of rotatable bonds is 2. The van der Waals surface area contributed by atoms with Crippen LogP contribution in [0.2, 0.25) is 5.02 Å². The summed E-state index contributed by atoms with van der Waals surface area (Å²) < 4.78 is 5.16. The monoisotopic (exact) mass is 262 g/mol. The highest BCUT2D eigenvalue weighted by molar-refractivity contribution is 6.31. The molecule has 18 heavy (non-hydrogen) atoms. The van der Waals surface area contributed by atoms with Crippen molar-refractivity contribution in [3.63, 3.8) is 0 Å². The molecule has 3 nitrogen and oxygen atoms in total. The molecule has 0 atom stereocenters. The smallest absolute Gasteiger partial charge is 0.347 e. The molecule has 0 aromatic heterocycles. The Kier molecular flexibility index (Phi) is 3.53. The van der Waals surface area contributed by atoms with E-state index in [9.17, 15) is 9.90 Å². The number of carbonyl (C=O) groups is 1. The van der Waals surface area contributed by atoms with Gasteiger partial charge in [0.15, 0.2) is 0 Å². The van der Waals surface area contributed by atoms with Crippen LogP contribution in [-0.4, -0.2) is 11.1 Å². The SMILES string of the molecule is Cc1cccc(OC(=O)c2cc(Cl)ccc2O)c1. The van der Waals surface area contributed by atoms with Crippen molar-refractivity contribution in [2.45, 2.75) is 6.92 Å². The number of halogens is 1. The predicted octanol–water partition coefficient (Wildman–Crippen LogP) is 3.57. The van der Waals surface area contributed by atoms with Crippen LogP contribution in [0.3, 0.4) is 0 Å². The fourth-order valence-corrected chi connectivity index (χ4v) is 1.68. The van der Waals surface area contributed by atoms with Gasteiger partial charge >= 0.3 is 5.97 Å². The number of esters is 1. The molecule has 0 aliphatic heterocycles. The molecule has 4 heteroatoms. The summed E-state index contributed by atoms with van der Waals surface area (Å²) >= 11 is 5.77. The molecule has 2 rings (SSSR count). The first-order chi connectivity index (χ1) is 8.56. The van der Waals surface area contributed by atoms with Gasteiger partial charge in [-0.2, -0.15) is 0 Å². The van der Waals surface area contributed by atoms with E-state index in [1.165, 1.54) is 18.2 Å². The van der Waals surface area contributed by atoms with E-state index in [2.05, 4.69) is 0 Å². The van der Waals surface area contributed by atoms with E-state index in [4.69, 9.17) is 16.3 Å². The Balaban J connectivity index is 2.24. The Morgan fingerprint density at radius 1 is 1.22 bits per heavy atom. The summed E-state index contributed by atoms with van der Waals surface area (Å²) in [6.07, 6.45) is 0. The number of phenolic OH excluding ortho intramolecular Hbond substituents is 1. The van der Waals surface area contributed by atoms with Crippen molar-refractivity contribution in [1.82, 2.24) is 0 Å². The number of ether oxygens (including phenoxy) is 1. The average molecular weight is 263 g/mol. The molecule has 0 aliphatic carbocycles. The van der Waals surface area contributed by atoms with Crippen LogP contribution in [0.5, 0.6) is 11.5 Å². The van der Waals surface area contributed by atoms with Crippen LogP contribution < -0.4 is 4.74 Å². The summed E-state index contributed by atoms with van der Waals surface area (Å²) in [5.74, 6) is -0.364. The number of aryl methyl sites for hydroxylation is 1. The molecule has 0 unspecified atom stereocenters. The molecule has 0 heterocycles. The molecule has 0 fully saturated rings. The van der Waals surface area contributed by atoms with E-state index in [0.29, 0.717) is 10.8 Å². The van der Waals surface area contributed by atoms with Crippen molar-refractivity contribution < 1.29 is 14.6 Å². The van der Waals surface area contributed by atoms with E-state index in [-0.39, 0.29) is 11.3 Å². The summed E-state index contributed by atoms with van der Waals surface area (Å²) in [7, 11) is 0. The minimum atomic E-state index is -0.638. The van der Waals surface area contributed by atoms with Crippen molar-refractivity contribution in [3.8, 4) is 11.5 Å². The summed E-state index contributed by atoms with van der Waals surface area (Å²) in [5, 5.41) is 9.94. The van der Waals surface area contributed by atoms with Gasteiger partial charge in [0, 0.05) is 5.02 Å². The van der Waals surface area contributed by atoms with Gasteiger partial charge in [0.1, 0.15) is 17.1 Å². The molecule has 0 bridgehead atoms. The highest BCUT2D eigenvalue weighted by Crippen LogP contribution is 2.23. The molecule has 0 radical (unpaired) electrons. The third kappa shape index (κ3) is 2.81. The van der Waals surface area contributed by atoms with Crippen molar-refractivity contribution in [2.75, 3.05) is 0 Å². The first-order valence-corrected chi connectivity index (χ1v) is 5.71. The molecule has 2 aromatic carbocycles. The van der Waals surface area contributed by atoms with Gasteiger partial charge in [0.25, 0.3) is 0 Å².